The van der Waals surface area contributed by atoms with E-state index in [4.69, 9.17) is 0 Å². The molecule has 3 atom stereocenters. The van der Waals surface area contributed by atoms with Crippen molar-refractivity contribution >= 4 is 5.91 Å². The summed E-state index contributed by atoms with van der Waals surface area (Å²) < 4.78 is 0. The van der Waals surface area contributed by atoms with Gasteiger partial charge in [-0.3, -0.25) is 4.79 Å². The number of hydrogen-bond acceptors (Lipinski definition) is 2. The highest BCUT2D eigenvalue weighted by Crippen LogP contribution is 2.45. The Morgan fingerprint density at radius 2 is 1.95 bits per heavy atom. The van der Waals surface area contributed by atoms with E-state index in [0.29, 0.717) is 11.8 Å². The van der Waals surface area contributed by atoms with Gasteiger partial charge in [0.25, 0.3) is 0 Å². The number of nitrogens with one attached hydrogen (secondary N) is 1. The smallest absolute Gasteiger partial charge is 0.226 e. The first kappa shape index (κ1) is 17.5. The Kier molecular flexibility index (Phi) is 5.37. The second kappa shape index (κ2) is 6.74. The molecule has 1 N–H and O–H groups in total. The van der Waals surface area contributed by atoms with E-state index in [2.05, 4.69) is 50.6 Å². The van der Waals surface area contributed by atoms with E-state index in [1.54, 1.807) is 0 Å². The molecule has 0 spiro atoms. The molecule has 0 bridgehead atoms. The molecule has 1 heterocycles. The van der Waals surface area contributed by atoms with Gasteiger partial charge >= 0.3 is 0 Å². The molecule has 0 aromatic rings. The largest absolute Gasteiger partial charge is 0.351 e. The van der Waals surface area contributed by atoms with Gasteiger partial charge in [0.05, 0.1) is 5.41 Å². The van der Waals surface area contributed by atoms with Crippen LogP contribution in [0.15, 0.2) is 12.7 Å². The van der Waals surface area contributed by atoms with Gasteiger partial charge in [-0.25, -0.2) is 0 Å². The van der Waals surface area contributed by atoms with Gasteiger partial charge in [-0.15, -0.1) is 6.58 Å². The zero-order valence-electron chi connectivity index (χ0n) is 15.0. The molecule has 0 aromatic heterocycles. The molecule has 1 amide bonds. The zero-order chi connectivity index (χ0) is 16.4. The third-order valence-corrected chi connectivity index (χ3v) is 5.49. The normalized spacial score (nSPS) is 33.6. The van der Waals surface area contributed by atoms with E-state index >= 15 is 0 Å². The van der Waals surface area contributed by atoms with Crippen LogP contribution in [0.5, 0.6) is 0 Å². The van der Waals surface area contributed by atoms with Crippen LogP contribution in [0.25, 0.3) is 0 Å². The summed E-state index contributed by atoms with van der Waals surface area (Å²) in [6.07, 6.45) is 7.94. The van der Waals surface area contributed by atoms with Crippen LogP contribution in [-0.2, 0) is 4.79 Å². The fraction of sp³-hybridized carbons (Fsp3) is 0.842. The number of allylic oxidation sites excluding steroid dienone is 1. The summed E-state index contributed by atoms with van der Waals surface area (Å²) in [5.41, 5.74) is -0.438. The summed E-state index contributed by atoms with van der Waals surface area (Å²) in [6, 6.07) is 0. The van der Waals surface area contributed by atoms with Crippen molar-refractivity contribution in [2.75, 3.05) is 19.6 Å². The van der Waals surface area contributed by atoms with Crippen molar-refractivity contribution in [2.45, 2.75) is 65.3 Å². The van der Waals surface area contributed by atoms with Gasteiger partial charge in [0, 0.05) is 12.1 Å². The van der Waals surface area contributed by atoms with Crippen LogP contribution < -0.4 is 5.32 Å². The van der Waals surface area contributed by atoms with Gasteiger partial charge in [-0.1, -0.05) is 13.0 Å². The molecule has 2 aliphatic rings. The van der Waals surface area contributed by atoms with Gasteiger partial charge in [-0.05, 0) is 77.8 Å². The van der Waals surface area contributed by atoms with Gasteiger partial charge in [0.1, 0.15) is 0 Å². The summed E-state index contributed by atoms with van der Waals surface area (Å²) in [6.45, 7) is 15.9. The van der Waals surface area contributed by atoms with E-state index in [9.17, 15) is 4.79 Å². The predicted molar refractivity (Wildman–Crippen MR) is 92.7 cm³/mol. The van der Waals surface area contributed by atoms with E-state index in [0.717, 1.165) is 19.4 Å². The molecule has 1 saturated heterocycles. The van der Waals surface area contributed by atoms with Crippen molar-refractivity contribution in [3.8, 4) is 0 Å². The first-order valence-electron chi connectivity index (χ1n) is 8.92. The summed E-state index contributed by atoms with van der Waals surface area (Å²) in [5, 5.41) is 3.24. The van der Waals surface area contributed by atoms with Crippen LogP contribution in [0.3, 0.4) is 0 Å². The molecule has 3 heteroatoms. The Hall–Kier alpha value is -0.830. The lowest BCUT2D eigenvalue weighted by atomic mass is 9.63. The Balaban J connectivity index is 2.14. The first-order valence-corrected chi connectivity index (χ1v) is 8.92. The first-order chi connectivity index (χ1) is 10.2. The van der Waals surface area contributed by atoms with Crippen LogP contribution in [0, 0.1) is 17.3 Å². The minimum atomic E-state index is -0.271. The maximum Gasteiger partial charge on any atom is 0.226 e. The number of carbonyl (C=O) groups is 1. The Morgan fingerprint density at radius 1 is 1.32 bits per heavy atom. The molecule has 1 aliphatic carbocycles. The van der Waals surface area contributed by atoms with Crippen molar-refractivity contribution in [3.05, 3.63) is 12.7 Å². The standard InChI is InChI=1S/C19H34N2O/c1-6-15-9-10-16(14-21-11-7-8-12-21)19(5,13-15)17(22)20-18(2,3)4/h6,15-16H,1,7-14H2,2-5H3,(H,20,22)/t15-,16+,19+/m1/s1. The second-order valence-corrected chi connectivity index (χ2v) is 8.60. The average Bonchev–Trinajstić information content (AvgIpc) is 2.92. The molecule has 126 valence electrons. The lowest BCUT2D eigenvalue weighted by molar-refractivity contribution is -0.138. The summed E-state index contributed by atoms with van der Waals surface area (Å²) in [7, 11) is 0. The number of amides is 1. The fourth-order valence-corrected chi connectivity index (χ4v) is 4.08. The predicted octanol–water partition coefficient (Wildman–Crippen LogP) is 3.61. The summed E-state index contributed by atoms with van der Waals surface area (Å²) in [5.74, 6) is 1.17. The molecule has 0 aromatic carbocycles. The molecule has 0 radical (unpaired) electrons. The van der Waals surface area contributed by atoms with Crippen molar-refractivity contribution < 1.29 is 4.79 Å². The van der Waals surface area contributed by atoms with E-state index in [1.807, 2.05) is 0 Å². The maximum atomic E-state index is 13.0. The quantitative estimate of drug-likeness (QED) is 0.805. The van der Waals surface area contributed by atoms with Crippen LogP contribution in [0.4, 0.5) is 0 Å². The van der Waals surface area contributed by atoms with Crippen LogP contribution >= 0.6 is 0 Å². The van der Waals surface area contributed by atoms with Gasteiger partial charge in [0.2, 0.25) is 5.91 Å². The molecular weight excluding hydrogens is 272 g/mol. The van der Waals surface area contributed by atoms with Gasteiger partial charge in [-0.2, -0.15) is 0 Å². The number of hydrogen-bond donors (Lipinski definition) is 1. The number of likely N-dealkylation sites (tertiary alicyclic amines) is 1. The summed E-state index contributed by atoms with van der Waals surface area (Å²) >= 11 is 0. The molecule has 22 heavy (non-hydrogen) atoms. The number of carbonyl (C=O) groups excluding carboxylic acids is 1. The SMILES string of the molecule is C=C[C@@H]1CC[C@@H](CN2CCCC2)[C@@](C)(C(=O)NC(C)(C)C)C1. The van der Waals surface area contributed by atoms with E-state index in [1.165, 1.54) is 32.4 Å². The third kappa shape index (κ3) is 4.13. The van der Waals surface area contributed by atoms with Gasteiger partial charge in [0.15, 0.2) is 0 Å². The molecule has 1 aliphatic heterocycles. The lowest BCUT2D eigenvalue weighted by Gasteiger charge is -2.45. The van der Waals surface area contributed by atoms with Crippen LogP contribution in [-0.4, -0.2) is 36.0 Å². The minimum absolute atomic E-state index is 0.167. The second-order valence-electron chi connectivity index (χ2n) is 8.60. The Morgan fingerprint density at radius 3 is 2.50 bits per heavy atom. The van der Waals surface area contributed by atoms with Gasteiger partial charge < -0.3 is 10.2 Å². The molecular formula is C19H34N2O. The van der Waals surface area contributed by atoms with Crippen molar-refractivity contribution in [2.24, 2.45) is 17.3 Å². The van der Waals surface area contributed by atoms with Crippen molar-refractivity contribution in [3.63, 3.8) is 0 Å². The minimum Gasteiger partial charge on any atom is -0.351 e. The van der Waals surface area contributed by atoms with Crippen molar-refractivity contribution in [1.29, 1.82) is 0 Å². The molecule has 2 rings (SSSR count). The molecule has 0 unspecified atom stereocenters. The Bertz CT molecular complexity index is 406. The molecule has 3 nitrogen and oxygen atoms in total. The maximum absolute atomic E-state index is 13.0. The number of rotatable bonds is 4. The molecule has 1 saturated carbocycles. The Labute approximate surface area is 136 Å². The molecule has 2 fully saturated rings. The average molecular weight is 306 g/mol. The highest BCUT2D eigenvalue weighted by atomic mass is 16.2. The topological polar surface area (TPSA) is 32.3 Å². The third-order valence-electron chi connectivity index (χ3n) is 5.49. The fourth-order valence-electron chi connectivity index (χ4n) is 4.08. The van der Waals surface area contributed by atoms with Crippen LogP contribution in [0.2, 0.25) is 0 Å². The highest BCUT2D eigenvalue weighted by Gasteiger charge is 2.46. The monoisotopic (exact) mass is 306 g/mol. The highest BCUT2D eigenvalue weighted by molar-refractivity contribution is 5.83. The lowest BCUT2D eigenvalue weighted by Crippen LogP contribution is -2.54. The number of nitrogens with zero attached hydrogens (tertiary/aromatic N) is 1. The van der Waals surface area contributed by atoms with Crippen molar-refractivity contribution in [1.82, 2.24) is 10.2 Å². The van der Waals surface area contributed by atoms with E-state index in [-0.39, 0.29) is 16.9 Å². The van der Waals surface area contributed by atoms with E-state index < -0.39 is 0 Å². The zero-order valence-corrected chi connectivity index (χ0v) is 15.0. The van der Waals surface area contributed by atoms with Crippen LogP contribution in [0.1, 0.15) is 59.8 Å². The summed E-state index contributed by atoms with van der Waals surface area (Å²) in [4.78, 5) is 15.6.